The molecule has 2 heterocycles. The Labute approximate surface area is 138 Å². The van der Waals surface area contributed by atoms with Gasteiger partial charge in [0.05, 0.1) is 5.56 Å². The number of amides is 1. The Hall–Kier alpha value is -2.76. The maximum Gasteiger partial charge on any atom is 0.335 e. The van der Waals surface area contributed by atoms with Crippen molar-refractivity contribution in [1.82, 2.24) is 9.88 Å². The van der Waals surface area contributed by atoms with E-state index >= 15 is 0 Å². The van der Waals surface area contributed by atoms with Crippen LogP contribution in [-0.2, 0) is 6.42 Å². The van der Waals surface area contributed by atoms with Gasteiger partial charge in [0.25, 0.3) is 5.91 Å². The highest BCUT2D eigenvalue weighted by atomic mass is 19.1. The molecule has 0 saturated carbocycles. The fourth-order valence-electron chi connectivity index (χ4n) is 2.98. The van der Waals surface area contributed by atoms with E-state index in [-0.39, 0.29) is 23.0 Å². The van der Waals surface area contributed by atoms with Gasteiger partial charge in [-0.1, -0.05) is 12.1 Å². The van der Waals surface area contributed by atoms with Gasteiger partial charge in [-0.25, -0.2) is 9.18 Å². The molecule has 0 spiro atoms. The number of aromatic nitrogens is 1. The molecule has 1 aromatic carbocycles. The first kappa shape index (κ1) is 16.1. The van der Waals surface area contributed by atoms with Crippen molar-refractivity contribution >= 4 is 11.9 Å². The largest absolute Gasteiger partial charge is 0.478 e. The van der Waals surface area contributed by atoms with Gasteiger partial charge in [-0.3, -0.25) is 9.78 Å². The highest BCUT2D eigenvalue weighted by Crippen LogP contribution is 2.22. The number of halogens is 1. The van der Waals surface area contributed by atoms with E-state index in [1.54, 1.807) is 17.0 Å². The molecule has 5 nitrogen and oxygen atoms in total. The summed E-state index contributed by atoms with van der Waals surface area (Å²) in [5.41, 5.74) is 1.24. The van der Waals surface area contributed by atoms with Crippen LogP contribution < -0.4 is 0 Å². The average molecular weight is 328 g/mol. The number of carbonyl (C=O) groups excluding carboxylic acids is 1. The van der Waals surface area contributed by atoms with E-state index in [0.717, 1.165) is 18.4 Å². The molecule has 1 aliphatic rings. The maximum absolute atomic E-state index is 12.9. The average Bonchev–Trinajstić information content (AvgIpc) is 3.05. The van der Waals surface area contributed by atoms with E-state index in [9.17, 15) is 14.0 Å². The standard InChI is InChI=1S/C18H17FN2O3/c19-15-3-1-12(2-4-15)9-13-6-8-21(11-13)17(22)16-10-14(18(23)24)5-7-20-16/h1-5,7,10,13H,6,8-9,11H2,(H,23,24). The molecule has 1 amide bonds. The maximum atomic E-state index is 12.9. The van der Waals surface area contributed by atoms with Gasteiger partial charge in [-0.2, -0.15) is 0 Å². The third-order valence-corrected chi connectivity index (χ3v) is 4.24. The van der Waals surface area contributed by atoms with Crippen molar-refractivity contribution in [3.8, 4) is 0 Å². The second-order valence-electron chi connectivity index (χ2n) is 5.97. The number of aromatic carboxylic acids is 1. The smallest absolute Gasteiger partial charge is 0.335 e. The summed E-state index contributed by atoms with van der Waals surface area (Å²) in [5, 5.41) is 9.00. The van der Waals surface area contributed by atoms with E-state index in [1.165, 1.54) is 30.5 Å². The van der Waals surface area contributed by atoms with Gasteiger partial charge in [-0.05, 0) is 48.6 Å². The van der Waals surface area contributed by atoms with Crippen LogP contribution in [0.2, 0.25) is 0 Å². The number of rotatable bonds is 4. The van der Waals surface area contributed by atoms with Crippen molar-refractivity contribution < 1.29 is 19.1 Å². The number of hydrogen-bond donors (Lipinski definition) is 1. The number of nitrogens with zero attached hydrogens (tertiary/aromatic N) is 2. The Morgan fingerprint density at radius 3 is 2.71 bits per heavy atom. The van der Waals surface area contributed by atoms with E-state index in [0.29, 0.717) is 19.0 Å². The molecule has 2 aromatic rings. The number of carboxylic acid groups (broad SMARTS) is 1. The van der Waals surface area contributed by atoms with E-state index < -0.39 is 5.97 Å². The molecule has 6 heteroatoms. The zero-order valence-electron chi connectivity index (χ0n) is 13.0. The summed E-state index contributed by atoms with van der Waals surface area (Å²) in [6.45, 7) is 1.21. The SMILES string of the molecule is O=C(O)c1ccnc(C(=O)N2CCC(Cc3ccc(F)cc3)C2)c1. The lowest BCUT2D eigenvalue weighted by Crippen LogP contribution is -2.29. The van der Waals surface area contributed by atoms with Crippen LogP contribution in [0.25, 0.3) is 0 Å². The van der Waals surface area contributed by atoms with Gasteiger partial charge in [0.1, 0.15) is 11.5 Å². The summed E-state index contributed by atoms with van der Waals surface area (Å²) in [7, 11) is 0. The van der Waals surface area contributed by atoms with Crippen molar-refractivity contribution in [3.05, 3.63) is 65.2 Å². The van der Waals surface area contributed by atoms with E-state index in [4.69, 9.17) is 5.11 Å². The molecule has 0 bridgehead atoms. The topological polar surface area (TPSA) is 70.5 Å². The lowest BCUT2D eigenvalue weighted by Gasteiger charge is -2.16. The van der Waals surface area contributed by atoms with Gasteiger partial charge in [0.15, 0.2) is 0 Å². The number of pyridine rings is 1. The summed E-state index contributed by atoms with van der Waals surface area (Å²) in [6, 6.07) is 9.07. The molecule has 1 unspecified atom stereocenters. The molecule has 1 N–H and O–H groups in total. The van der Waals surface area contributed by atoms with Crippen LogP contribution in [0.15, 0.2) is 42.6 Å². The quantitative estimate of drug-likeness (QED) is 0.936. The summed E-state index contributed by atoms with van der Waals surface area (Å²) in [6.07, 6.45) is 2.98. The minimum absolute atomic E-state index is 0.0513. The zero-order valence-corrected chi connectivity index (χ0v) is 13.0. The predicted octanol–water partition coefficient (Wildman–Crippen LogP) is 2.62. The van der Waals surface area contributed by atoms with Crippen molar-refractivity contribution in [2.75, 3.05) is 13.1 Å². The molecule has 124 valence electrons. The zero-order chi connectivity index (χ0) is 17.1. The number of benzene rings is 1. The highest BCUT2D eigenvalue weighted by Gasteiger charge is 2.28. The number of carboxylic acids is 1. The highest BCUT2D eigenvalue weighted by molar-refractivity contribution is 5.95. The van der Waals surface area contributed by atoms with Crippen molar-refractivity contribution in [2.24, 2.45) is 5.92 Å². The first-order valence-corrected chi connectivity index (χ1v) is 7.76. The summed E-state index contributed by atoms with van der Waals surface area (Å²) in [4.78, 5) is 29.2. The number of carbonyl (C=O) groups is 2. The molecular formula is C18H17FN2O3. The van der Waals surface area contributed by atoms with Crippen molar-refractivity contribution in [1.29, 1.82) is 0 Å². The fraction of sp³-hybridized carbons (Fsp3) is 0.278. The molecule has 1 atom stereocenters. The molecule has 0 radical (unpaired) electrons. The Morgan fingerprint density at radius 2 is 2.00 bits per heavy atom. The molecule has 0 aliphatic carbocycles. The van der Waals surface area contributed by atoms with Gasteiger partial charge in [-0.15, -0.1) is 0 Å². The Bertz CT molecular complexity index is 761. The third-order valence-electron chi connectivity index (χ3n) is 4.24. The summed E-state index contributed by atoms with van der Waals surface area (Å²) < 4.78 is 12.9. The molecule has 3 rings (SSSR count). The summed E-state index contributed by atoms with van der Waals surface area (Å²) >= 11 is 0. The molecule has 1 aromatic heterocycles. The van der Waals surface area contributed by atoms with Crippen LogP contribution in [0, 0.1) is 11.7 Å². The summed E-state index contributed by atoms with van der Waals surface area (Å²) in [5.74, 6) is -1.28. The Morgan fingerprint density at radius 1 is 1.25 bits per heavy atom. The van der Waals surface area contributed by atoms with Crippen LogP contribution >= 0.6 is 0 Å². The first-order valence-electron chi connectivity index (χ1n) is 7.76. The molecule has 1 fully saturated rings. The molecule has 1 saturated heterocycles. The third kappa shape index (κ3) is 3.59. The molecule has 24 heavy (non-hydrogen) atoms. The molecular weight excluding hydrogens is 311 g/mol. The molecule has 1 aliphatic heterocycles. The number of hydrogen-bond acceptors (Lipinski definition) is 3. The minimum Gasteiger partial charge on any atom is -0.478 e. The van der Waals surface area contributed by atoms with Crippen molar-refractivity contribution in [2.45, 2.75) is 12.8 Å². The van der Waals surface area contributed by atoms with Gasteiger partial charge in [0.2, 0.25) is 0 Å². The van der Waals surface area contributed by atoms with Crippen LogP contribution in [-0.4, -0.2) is 40.0 Å². The Kier molecular flexibility index (Phi) is 4.55. The van der Waals surface area contributed by atoms with Crippen LogP contribution in [0.4, 0.5) is 4.39 Å². The second-order valence-corrected chi connectivity index (χ2v) is 5.97. The minimum atomic E-state index is -1.08. The van der Waals surface area contributed by atoms with E-state index in [2.05, 4.69) is 4.98 Å². The number of likely N-dealkylation sites (tertiary alicyclic amines) is 1. The van der Waals surface area contributed by atoms with Gasteiger partial charge < -0.3 is 10.0 Å². The van der Waals surface area contributed by atoms with Crippen LogP contribution in [0.5, 0.6) is 0 Å². The Balaban J connectivity index is 1.64. The van der Waals surface area contributed by atoms with Crippen LogP contribution in [0.1, 0.15) is 32.8 Å². The van der Waals surface area contributed by atoms with Crippen molar-refractivity contribution in [3.63, 3.8) is 0 Å². The lowest BCUT2D eigenvalue weighted by atomic mass is 9.99. The predicted molar refractivity (Wildman–Crippen MR) is 85.3 cm³/mol. The fourth-order valence-corrected chi connectivity index (χ4v) is 2.98. The van der Waals surface area contributed by atoms with Gasteiger partial charge in [0, 0.05) is 19.3 Å². The monoisotopic (exact) mass is 328 g/mol. The van der Waals surface area contributed by atoms with Crippen LogP contribution in [0.3, 0.4) is 0 Å². The van der Waals surface area contributed by atoms with E-state index in [1.807, 2.05) is 0 Å². The van der Waals surface area contributed by atoms with Gasteiger partial charge >= 0.3 is 5.97 Å². The normalized spacial score (nSPS) is 17.0. The second kappa shape index (κ2) is 6.78. The lowest BCUT2D eigenvalue weighted by molar-refractivity contribution is 0.0696. The first-order chi connectivity index (χ1) is 11.5.